The summed E-state index contributed by atoms with van der Waals surface area (Å²) in [6, 6.07) is 0. The first-order valence-electron chi connectivity index (χ1n) is 4.74. The van der Waals surface area contributed by atoms with Gasteiger partial charge < -0.3 is 0 Å². The minimum atomic E-state index is -0.0968. The summed E-state index contributed by atoms with van der Waals surface area (Å²) < 4.78 is 0. The van der Waals surface area contributed by atoms with Gasteiger partial charge in [0.25, 0.3) is 0 Å². The number of fused-ring (bicyclic) bond motifs is 1. The fraction of sp³-hybridized carbons (Fsp3) is 0.889. The zero-order chi connectivity index (χ0) is 8.77. The molecule has 2 saturated heterocycles. The first-order chi connectivity index (χ1) is 5.67. The molecule has 2 rings (SSSR count). The van der Waals surface area contributed by atoms with Gasteiger partial charge in [-0.1, -0.05) is 6.92 Å². The van der Waals surface area contributed by atoms with Gasteiger partial charge >= 0.3 is 0 Å². The van der Waals surface area contributed by atoms with E-state index in [1.807, 2.05) is 5.01 Å². The standard InChI is InChI=1S/C9H16N2O/c1-3-9(2)7-10-5-4-6-11(10)8(9)12/h3-7H2,1-2H3/t9-/m1/s1. The third-order valence-electron chi connectivity index (χ3n) is 3.19. The highest BCUT2D eigenvalue weighted by Crippen LogP contribution is 2.35. The van der Waals surface area contributed by atoms with E-state index in [1.54, 1.807) is 0 Å². The molecule has 0 aliphatic carbocycles. The second kappa shape index (κ2) is 2.46. The van der Waals surface area contributed by atoms with Gasteiger partial charge in [-0.2, -0.15) is 0 Å². The molecule has 0 N–H and O–H groups in total. The highest BCUT2D eigenvalue weighted by atomic mass is 16.2. The molecule has 0 aromatic heterocycles. The molecule has 0 bridgehead atoms. The molecule has 68 valence electrons. The van der Waals surface area contributed by atoms with Crippen LogP contribution in [0.2, 0.25) is 0 Å². The number of hydrogen-bond acceptors (Lipinski definition) is 2. The molecular formula is C9H16N2O. The molecule has 0 aromatic carbocycles. The third-order valence-corrected chi connectivity index (χ3v) is 3.19. The highest BCUT2D eigenvalue weighted by Gasteiger charge is 2.47. The SMILES string of the molecule is CC[C@]1(C)CN2CCCN2C1=O. The lowest BCUT2D eigenvalue weighted by Crippen LogP contribution is -2.33. The van der Waals surface area contributed by atoms with E-state index in [0.29, 0.717) is 5.91 Å². The maximum absolute atomic E-state index is 11.8. The molecule has 1 atom stereocenters. The van der Waals surface area contributed by atoms with Gasteiger partial charge in [-0.05, 0) is 19.8 Å². The lowest BCUT2D eigenvalue weighted by atomic mass is 9.87. The van der Waals surface area contributed by atoms with Crippen LogP contribution in [0.3, 0.4) is 0 Å². The Hall–Kier alpha value is -0.570. The summed E-state index contributed by atoms with van der Waals surface area (Å²) >= 11 is 0. The lowest BCUT2D eigenvalue weighted by Gasteiger charge is -2.18. The van der Waals surface area contributed by atoms with E-state index in [1.165, 1.54) is 0 Å². The van der Waals surface area contributed by atoms with Crippen LogP contribution in [0.1, 0.15) is 26.7 Å². The van der Waals surface area contributed by atoms with Crippen molar-refractivity contribution < 1.29 is 4.79 Å². The molecule has 3 heteroatoms. The van der Waals surface area contributed by atoms with Gasteiger partial charge in [0.15, 0.2) is 0 Å². The predicted octanol–water partition coefficient (Wildman–Crippen LogP) is 0.866. The first kappa shape index (κ1) is 8.05. The van der Waals surface area contributed by atoms with Crippen molar-refractivity contribution in [2.24, 2.45) is 5.41 Å². The summed E-state index contributed by atoms with van der Waals surface area (Å²) in [4.78, 5) is 11.8. The fourth-order valence-electron chi connectivity index (χ4n) is 2.10. The van der Waals surface area contributed by atoms with Crippen LogP contribution in [0.5, 0.6) is 0 Å². The van der Waals surface area contributed by atoms with E-state index >= 15 is 0 Å². The van der Waals surface area contributed by atoms with Crippen molar-refractivity contribution in [1.29, 1.82) is 0 Å². The van der Waals surface area contributed by atoms with Crippen molar-refractivity contribution in [1.82, 2.24) is 10.0 Å². The van der Waals surface area contributed by atoms with Crippen LogP contribution in [0, 0.1) is 5.41 Å². The monoisotopic (exact) mass is 168 g/mol. The second-order valence-corrected chi connectivity index (χ2v) is 4.08. The van der Waals surface area contributed by atoms with Crippen LogP contribution in [-0.2, 0) is 4.79 Å². The number of hydrogen-bond donors (Lipinski definition) is 0. The van der Waals surface area contributed by atoms with Crippen LogP contribution < -0.4 is 0 Å². The van der Waals surface area contributed by atoms with Gasteiger partial charge in [0.2, 0.25) is 5.91 Å². The van der Waals surface area contributed by atoms with Gasteiger partial charge in [0.1, 0.15) is 0 Å². The van der Waals surface area contributed by atoms with Gasteiger partial charge in [-0.15, -0.1) is 0 Å². The molecule has 1 amide bonds. The second-order valence-electron chi connectivity index (χ2n) is 4.08. The van der Waals surface area contributed by atoms with Gasteiger partial charge in [-0.25, -0.2) is 5.01 Å². The molecule has 0 spiro atoms. The Morgan fingerprint density at radius 2 is 2.25 bits per heavy atom. The Balaban J connectivity index is 2.21. The lowest BCUT2D eigenvalue weighted by molar-refractivity contribution is -0.139. The van der Waals surface area contributed by atoms with E-state index in [4.69, 9.17) is 0 Å². The Morgan fingerprint density at radius 3 is 2.83 bits per heavy atom. The zero-order valence-electron chi connectivity index (χ0n) is 7.84. The predicted molar refractivity (Wildman–Crippen MR) is 46.3 cm³/mol. The molecule has 3 nitrogen and oxygen atoms in total. The van der Waals surface area contributed by atoms with E-state index in [-0.39, 0.29) is 5.41 Å². The van der Waals surface area contributed by atoms with Crippen molar-refractivity contribution in [3.05, 3.63) is 0 Å². The Morgan fingerprint density at radius 1 is 1.50 bits per heavy atom. The van der Waals surface area contributed by atoms with Gasteiger partial charge in [0, 0.05) is 19.6 Å². The molecular weight excluding hydrogens is 152 g/mol. The molecule has 0 unspecified atom stereocenters. The van der Waals surface area contributed by atoms with Crippen LogP contribution in [-0.4, -0.2) is 35.6 Å². The normalized spacial score (nSPS) is 36.2. The smallest absolute Gasteiger partial charge is 0.244 e. The number of carbonyl (C=O) groups is 1. The van der Waals surface area contributed by atoms with E-state index in [2.05, 4.69) is 18.9 Å². The number of rotatable bonds is 1. The Kier molecular flexibility index (Phi) is 1.65. The molecule has 0 aromatic rings. The summed E-state index contributed by atoms with van der Waals surface area (Å²) in [7, 11) is 0. The maximum Gasteiger partial charge on any atom is 0.244 e. The quantitative estimate of drug-likeness (QED) is 0.580. The molecule has 0 radical (unpaired) electrons. The largest absolute Gasteiger partial charge is 0.275 e. The van der Waals surface area contributed by atoms with Crippen molar-refractivity contribution in [2.45, 2.75) is 26.7 Å². The van der Waals surface area contributed by atoms with Crippen molar-refractivity contribution in [2.75, 3.05) is 19.6 Å². The molecule has 2 aliphatic rings. The van der Waals surface area contributed by atoms with Crippen molar-refractivity contribution in [3.8, 4) is 0 Å². The van der Waals surface area contributed by atoms with Gasteiger partial charge in [0.05, 0.1) is 5.41 Å². The molecule has 2 fully saturated rings. The molecule has 2 heterocycles. The van der Waals surface area contributed by atoms with Crippen LogP contribution in [0.25, 0.3) is 0 Å². The minimum absolute atomic E-state index is 0.0968. The summed E-state index contributed by atoms with van der Waals surface area (Å²) in [6.07, 6.45) is 2.10. The van der Waals surface area contributed by atoms with E-state index in [9.17, 15) is 4.79 Å². The Labute approximate surface area is 73.3 Å². The average molecular weight is 168 g/mol. The van der Waals surface area contributed by atoms with Gasteiger partial charge in [-0.3, -0.25) is 9.80 Å². The van der Waals surface area contributed by atoms with Crippen LogP contribution in [0.15, 0.2) is 0 Å². The molecule has 12 heavy (non-hydrogen) atoms. The molecule has 2 aliphatic heterocycles. The first-order valence-corrected chi connectivity index (χ1v) is 4.74. The van der Waals surface area contributed by atoms with E-state index in [0.717, 1.165) is 32.5 Å². The topological polar surface area (TPSA) is 23.6 Å². The molecule has 0 saturated carbocycles. The number of nitrogens with zero attached hydrogens (tertiary/aromatic N) is 2. The number of amides is 1. The average Bonchev–Trinajstić information content (AvgIpc) is 2.57. The van der Waals surface area contributed by atoms with Crippen LogP contribution >= 0.6 is 0 Å². The summed E-state index contributed by atoms with van der Waals surface area (Å²) in [5.41, 5.74) is -0.0968. The number of carbonyl (C=O) groups excluding carboxylic acids is 1. The maximum atomic E-state index is 11.8. The summed E-state index contributed by atoms with van der Waals surface area (Å²) in [5, 5.41) is 4.13. The Bertz CT molecular complexity index is 217. The zero-order valence-corrected chi connectivity index (χ0v) is 7.84. The fourth-order valence-corrected chi connectivity index (χ4v) is 2.10. The highest BCUT2D eigenvalue weighted by molar-refractivity contribution is 5.84. The summed E-state index contributed by atoms with van der Waals surface area (Å²) in [6.45, 7) is 7.12. The van der Waals surface area contributed by atoms with Crippen molar-refractivity contribution >= 4 is 5.91 Å². The minimum Gasteiger partial charge on any atom is -0.275 e. The van der Waals surface area contributed by atoms with Crippen LogP contribution in [0.4, 0.5) is 0 Å². The number of hydrazine groups is 1. The van der Waals surface area contributed by atoms with E-state index < -0.39 is 0 Å². The third kappa shape index (κ3) is 0.891. The summed E-state index contributed by atoms with van der Waals surface area (Å²) in [5.74, 6) is 0.336. The van der Waals surface area contributed by atoms with Crippen molar-refractivity contribution in [3.63, 3.8) is 0 Å².